The highest BCUT2D eigenvalue weighted by atomic mass is 19.1. The van der Waals surface area contributed by atoms with Crippen LogP contribution in [-0.2, 0) is 6.42 Å². The average molecular weight is 314 g/mol. The van der Waals surface area contributed by atoms with E-state index in [0.29, 0.717) is 18.5 Å². The predicted octanol–water partition coefficient (Wildman–Crippen LogP) is 3.80. The first-order valence-electron chi connectivity index (χ1n) is 7.50. The van der Waals surface area contributed by atoms with Crippen molar-refractivity contribution in [2.24, 2.45) is 5.10 Å². The fourth-order valence-corrected chi connectivity index (χ4v) is 2.54. The summed E-state index contributed by atoms with van der Waals surface area (Å²) >= 11 is 0. The van der Waals surface area contributed by atoms with Crippen molar-refractivity contribution in [3.63, 3.8) is 0 Å². The van der Waals surface area contributed by atoms with Crippen LogP contribution in [0.15, 0.2) is 53.6 Å². The van der Waals surface area contributed by atoms with E-state index in [-0.39, 0.29) is 11.7 Å². The molecule has 118 valence electrons. The van der Waals surface area contributed by atoms with Crippen molar-refractivity contribution in [3.05, 3.63) is 71.3 Å². The second-order valence-electron chi connectivity index (χ2n) is 5.48. The van der Waals surface area contributed by atoms with Crippen molar-refractivity contribution in [3.8, 4) is 0 Å². The van der Waals surface area contributed by atoms with Crippen LogP contribution in [0.5, 0.6) is 0 Å². The zero-order valence-corrected chi connectivity index (χ0v) is 12.5. The van der Waals surface area contributed by atoms with Gasteiger partial charge in [-0.15, -0.1) is 0 Å². The second kappa shape index (κ2) is 6.69. The van der Waals surface area contributed by atoms with E-state index >= 15 is 0 Å². The van der Waals surface area contributed by atoms with Crippen LogP contribution in [0, 0.1) is 11.6 Å². The maximum Gasteiger partial charge on any atom is 0.274 e. The van der Waals surface area contributed by atoms with Gasteiger partial charge in [-0.25, -0.2) is 13.8 Å². The van der Waals surface area contributed by atoms with Gasteiger partial charge in [0.1, 0.15) is 11.6 Å². The first kappa shape index (κ1) is 15.3. The van der Waals surface area contributed by atoms with Gasteiger partial charge in [-0.05, 0) is 48.7 Å². The molecule has 23 heavy (non-hydrogen) atoms. The zero-order chi connectivity index (χ0) is 16.2. The number of benzene rings is 2. The summed E-state index contributed by atoms with van der Waals surface area (Å²) in [6.07, 6.45) is 2.18. The van der Waals surface area contributed by atoms with Crippen molar-refractivity contribution in [1.82, 2.24) is 5.01 Å². The zero-order valence-electron chi connectivity index (χ0n) is 12.5. The molecule has 2 aromatic rings. The second-order valence-corrected chi connectivity index (χ2v) is 5.48. The van der Waals surface area contributed by atoms with Crippen LogP contribution in [0.4, 0.5) is 8.78 Å². The fourth-order valence-electron chi connectivity index (χ4n) is 2.54. The van der Waals surface area contributed by atoms with Crippen LogP contribution in [0.1, 0.15) is 28.8 Å². The number of hydrogen-bond acceptors (Lipinski definition) is 2. The van der Waals surface area contributed by atoms with Gasteiger partial charge in [-0.2, -0.15) is 5.10 Å². The molecule has 5 heteroatoms. The molecule has 0 fully saturated rings. The van der Waals surface area contributed by atoms with Crippen LogP contribution in [-0.4, -0.2) is 23.2 Å². The van der Waals surface area contributed by atoms with Crippen molar-refractivity contribution in [2.75, 3.05) is 6.54 Å². The number of carbonyl (C=O) groups is 1. The number of halogens is 2. The number of nitrogens with zero attached hydrogens (tertiary/aromatic N) is 2. The van der Waals surface area contributed by atoms with E-state index in [0.717, 1.165) is 24.1 Å². The van der Waals surface area contributed by atoms with E-state index in [2.05, 4.69) is 5.10 Å². The van der Waals surface area contributed by atoms with Crippen LogP contribution in [0.2, 0.25) is 0 Å². The molecule has 0 N–H and O–H groups in total. The topological polar surface area (TPSA) is 32.7 Å². The summed E-state index contributed by atoms with van der Waals surface area (Å²) in [7, 11) is 0. The number of aryl methyl sites for hydroxylation is 1. The first-order chi connectivity index (χ1) is 11.1. The lowest BCUT2D eigenvalue weighted by Crippen LogP contribution is -2.23. The molecule has 0 aromatic heterocycles. The monoisotopic (exact) mass is 314 g/mol. The van der Waals surface area contributed by atoms with E-state index in [1.807, 2.05) is 0 Å². The molecule has 0 spiro atoms. The van der Waals surface area contributed by atoms with E-state index in [1.54, 1.807) is 18.2 Å². The molecule has 0 unspecified atom stereocenters. The molecule has 0 bridgehead atoms. The van der Waals surface area contributed by atoms with Crippen LogP contribution in [0.3, 0.4) is 0 Å². The van der Waals surface area contributed by atoms with Gasteiger partial charge in [0.2, 0.25) is 0 Å². The Morgan fingerprint density at radius 1 is 1.04 bits per heavy atom. The quantitative estimate of drug-likeness (QED) is 0.845. The summed E-state index contributed by atoms with van der Waals surface area (Å²) in [5.41, 5.74) is 2.26. The Labute approximate surface area is 133 Å². The van der Waals surface area contributed by atoms with Crippen molar-refractivity contribution in [2.45, 2.75) is 19.3 Å². The fraction of sp³-hybridized carbons (Fsp3) is 0.222. The molecule has 2 aromatic carbocycles. The van der Waals surface area contributed by atoms with E-state index in [9.17, 15) is 13.6 Å². The number of hydrogen-bond donors (Lipinski definition) is 0. The third-order valence-electron chi connectivity index (χ3n) is 3.80. The normalized spacial score (nSPS) is 14.0. The molecule has 3 rings (SSSR count). The highest BCUT2D eigenvalue weighted by Gasteiger charge is 2.21. The van der Waals surface area contributed by atoms with Crippen LogP contribution in [0.25, 0.3) is 0 Å². The van der Waals surface area contributed by atoms with E-state index in [4.69, 9.17) is 0 Å². The van der Waals surface area contributed by atoms with Gasteiger partial charge in [0.25, 0.3) is 5.91 Å². The molecule has 0 saturated carbocycles. The minimum atomic E-state index is -0.435. The Morgan fingerprint density at radius 3 is 2.57 bits per heavy atom. The molecule has 1 aliphatic heterocycles. The number of rotatable bonds is 4. The molecule has 1 aliphatic rings. The van der Waals surface area contributed by atoms with Gasteiger partial charge < -0.3 is 0 Å². The minimum Gasteiger partial charge on any atom is -0.267 e. The molecule has 0 aliphatic carbocycles. The minimum absolute atomic E-state index is 0.251. The van der Waals surface area contributed by atoms with Gasteiger partial charge in [-0.3, -0.25) is 4.79 Å². The van der Waals surface area contributed by atoms with E-state index < -0.39 is 5.82 Å². The SMILES string of the molecule is O=C(c1cccc(F)c1)N1CCC(CCc2ccc(F)cc2)=N1. The molecule has 0 saturated heterocycles. The summed E-state index contributed by atoms with van der Waals surface area (Å²) in [4.78, 5) is 12.3. The largest absolute Gasteiger partial charge is 0.274 e. The van der Waals surface area contributed by atoms with Gasteiger partial charge in [0, 0.05) is 17.7 Å². The first-order valence-corrected chi connectivity index (χ1v) is 7.50. The lowest BCUT2D eigenvalue weighted by Gasteiger charge is -2.11. The molecule has 1 heterocycles. The Morgan fingerprint density at radius 2 is 1.83 bits per heavy atom. The lowest BCUT2D eigenvalue weighted by atomic mass is 10.1. The molecule has 3 nitrogen and oxygen atoms in total. The van der Waals surface area contributed by atoms with Crippen molar-refractivity contribution >= 4 is 11.6 Å². The Hall–Kier alpha value is -2.56. The highest BCUT2D eigenvalue weighted by molar-refractivity contribution is 5.97. The van der Waals surface area contributed by atoms with Gasteiger partial charge >= 0.3 is 0 Å². The Kier molecular flexibility index (Phi) is 4.46. The third-order valence-corrected chi connectivity index (χ3v) is 3.80. The maximum absolute atomic E-state index is 13.2. The Balaban J connectivity index is 1.61. The van der Waals surface area contributed by atoms with Gasteiger partial charge in [0.05, 0.1) is 6.54 Å². The molecule has 0 radical (unpaired) electrons. The Bertz CT molecular complexity index is 741. The number of carbonyl (C=O) groups excluding carboxylic acids is 1. The third kappa shape index (κ3) is 3.80. The van der Waals surface area contributed by atoms with Gasteiger partial charge in [0.15, 0.2) is 0 Å². The molecular weight excluding hydrogens is 298 g/mol. The number of amides is 1. The number of hydrazone groups is 1. The lowest BCUT2D eigenvalue weighted by molar-refractivity contribution is 0.0777. The molecule has 0 atom stereocenters. The van der Waals surface area contributed by atoms with Gasteiger partial charge in [-0.1, -0.05) is 18.2 Å². The standard InChI is InChI=1S/C18H16F2N2O/c19-15-7-4-13(5-8-15)6-9-17-10-11-22(21-17)18(23)14-2-1-3-16(20)12-14/h1-5,7-8,12H,6,9-11H2. The summed E-state index contributed by atoms with van der Waals surface area (Å²) < 4.78 is 26.1. The van der Waals surface area contributed by atoms with Crippen LogP contribution < -0.4 is 0 Å². The summed E-state index contributed by atoms with van der Waals surface area (Å²) in [5.74, 6) is -0.976. The average Bonchev–Trinajstić information content (AvgIpc) is 3.02. The summed E-state index contributed by atoms with van der Waals surface area (Å²) in [6, 6.07) is 12.0. The van der Waals surface area contributed by atoms with Crippen molar-refractivity contribution in [1.29, 1.82) is 0 Å². The smallest absolute Gasteiger partial charge is 0.267 e. The molecule has 1 amide bonds. The predicted molar refractivity (Wildman–Crippen MR) is 84.2 cm³/mol. The van der Waals surface area contributed by atoms with E-state index in [1.165, 1.54) is 35.3 Å². The van der Waals surface area contributed by atoms with Crippen LogP contribution >= 0.6 is 0 Å². The highest BCUT2D eigenvalue weighted by Crippen LogP contribution is 2.16. The molecular formula is C18H16F2N2O. The summed E-state index contributed by atoms with van der Waals surface area (Å²) in [5, 5.41) is 5.71. The summed E-state index contributed by atoms with van der Waals surface area (Å²) in [6.45, 7) is 0.508. The van der Waals surface area contributed by atoms with Crippen molar-refractivity contribution < 1.29 is 13.6 Å². The maximum atomic E-state index is 13.2.